The van der Waals surface area contributed by atoms with Gasteiger partial charge in [-0.2, -0.15) is 0 Å². The fourth-order valence-electron chi connectivity index (χ4n) is 3.19. The molecular weight excluding hydrogens is 467 g/mol. The second kappa shape index (κ2) is 12.9. The van der Waals surface area contributed by atoms with Gasteiger partial charge in [0.2, 0.25) is 5.91 Å². The van der Waals surface area contributed by atoms with Gasteiger partial charge in [0.15, 0.2) is 5.96 Å². The molecule has 0 aliphatic carbocycles. The number of hydrogen-bond acceptors (Lipinski definition) is 3. The van der Waals surface area contributed by atoms with Crippen molar-refractivity contribution in [1.29, 1.82) is 0 Å². The highest BCUT2D eigenvalue weighted by atomic mass is 127. The maximum atomic E-state index is 11.5. The Morgan fingerprint density at radius 3 is 2.43 bits per heavy atom. The number of carbonyl (C=O) groups is 1. The van der Waals surface area contributed by atoms with Gasteiger partial charge in [-0.05, 0) is 42.4 Å². The summed E-state index contributed by atoms with van der Waals surface area (Å²) in [6.45, 7) is 7.62. The number of hydrogen-bond donors (Lipinski definition) is 2. The Morgan fingerprint density at radius 1 is 1.25 bits per heavy atom. The lowest BCUT2D eigenvalue weighted by Gasteiger charge is -2.34. The van der Waals surface area contributed by atoms with E-state index in [1.165, 1.54) is 5.56 Å². The smallest absolute Gasteiger partial charge is 0.220 e. The SMILES string of the molecule is CN=C(NCc1ccc(OCC(C)C)cc1)N1CCC(CC(=O)NC)CC1.I. The molecule has 1 amide bonds. The zero-order valence-electron chi connectivity index (χ0n) is 17.5. The number of aliphatic imine (C=N–C) groups is 1. The van der Waals surface area contributed by atoms with Gasteiger partial charge in [-0.3, -0.25) is 9.79 Å². The van der Waals surface area contributed by atoms with Gasteiger partial charge in [-0.25, -0.2) is 0 Å². The van der Waals surface area contributed by atoms with Crippen LogP contribution in [0.4, 0.5) is 0 Å². The molecule has 6 nitrogen and oxygen atoms in total. The van der Waals surface area contributed by atoms with Crippen LogP contribution in [0.25, 0.3) is 0 Å². The highest BCUT2D eigenvalue weighted by molar-refractivity contribution is 14.0. The van der Waals surface area contributed by atoms with Crippen molar-refractivity contribution in [1.82, 2.24) is 15.5 Å². The lowest BCUT2D eigenvalue weighted by atomic mass is 9.93. The number of halogens is 1. The molecule has 7 heteroatoms. The van der Waals surface area contributed by atoms with E-state index < -0.39 is 0 Å². The first kappa shape index (κ1) is 24.5. The van der Waals surface area contributed by atoms with E-state index in [1.807, 2.05) is 19.2 Å². The summed E-state index contributed by atoms with van der Waals surface area (Å²) in [5.74, 6) is 2.97. The summed E-state index contributed by atoms with van der Waals surface area (Å²) < 4.78 is 5.73. The van der Waals surface area contributed by atoms with Crippen molar-refractivity contribution in [3.05, 3.63) is 29.8 Å². The normalized spacial score (nSPS) is 15.2. The van der Waals surface area contributed by atoms with Gasteiger partial charge in [-0.15, -0.1) is 24.0 Å². The van der Waals surface area contributed by atoms with Crippen LogP contribution in [-0.2, 0) is 11.3 Å². The van der Waals surface area contributed by atoms with Gasteiger partial charge >= 0.3 is 0 Å². The van der Waals surface area contributed by atoms with Gasteiger partial charge in [0.05, 0.1) is 6.61 Å². The van der Waals surface area contributed by atoms with E-state index in [4.69, 9.17) is 4.74 Å². The van der Waals surface area contributed by atoms with Crippen molar-refractivity contribution >= 4 is 35.8 Å². The number of piperidine rings is 1. The summed E-state index contributed by atoms with van der Waals surface area (Å²) in [5, 5.41) is 6.16. The van der Waals surface area contributed by atoms with E-state index in [2.05, 4.69) is 46.5 Å². The molecule has 0 unspecified atom stereocenters. The minimum atomic E-state index is 0. The third-order valence-corrected chi connectivity index (χ3v) is 4.84. The highest BCUT2D eigenvalue weighted by Gasteiger charge is 2.22. The van der Waals surface area contributed by atoms with Gasteiger partial charge in [0, 0.05) is 40.2 Å². The van der Waals surface area contributed by atoms with Crippen LogP contribution < -0.4 is 15.4 Å². The van der Waals surface area contributed by atoms with Crippen molar-refractivity contribution < 1.29 is 9.53 Å². The minimum absolute atomic E-state index is 0. The summed E-state index contributed by atoms with van der Waals surface area (Å²) >= 11 is 0. The maximum absolute atomic E-state index is 11.5. The molecular formula is C21H35IN4O2. The average Bonchev–Trinajstić information content (AvgIpc) is 2.68. The molecule has 2 N–H and O–H groups in total. The fourth-order valence-corrected chi connectivity index (χ4v) is 3.19. The summed E-state index contributed by atoms with van der Waals surface area (Å²) in [5.41, 5.74) is 1.20. The van der Waals surface area contributed by atoms with Crippen LogP contribution in [0, 0.1) is 11.8 Å². The number of amides is 1. The zero-order chi connectivity index (χ0) is 19.6. The highest BCUT2D eigenvalue weighted by Crippen LogP contribution is 2.20. The Morgan fingerprint density at radius 2 is 1.89 bits per heavy atom. The molecule has 158 valence electrons. The maximum Gasteiger partial charge on any atom is 0.220 e. The lowest BCUT2D eigenvalue weighted by Crippen LogP contribution is -2.45. The standard InChI is InChI=1S/C21H34N4O2.HI/c1-16(2)15-27-19-7-5-18(6-8-19)14-24-21(23-4)25-11-9-17(10-12-25)13-20(26)22-3;/h5-8,16-17H,9-15H2,1-4H3,(H,22,26)(H,23,24);1H. The number of ether oxygens (including phenoxy) is 1. The largest absolute Gasteiger partial charge is 0.493 e. The van der Waals surface area contributed by atoms with E-state index in [-0.39, 0.29) is 29.9 Å². The zero-order valence-corrected chi connectivity index (χ0v) is 19.9. The second-order valence-corrected chi connectivity index (χ2v) is 7.56. The summed E-state index contributed by atoms with van der Waals surface area (Å²) in [4.78, 5) is 18.2. The van der Waals surface area contributed by atoms with Gasteiger partial charge in [0.1, 0.15) is 5.75 Å². The molecule has 0 spiro atoms. The van der Waals surface area contributed by atoms with Crippen LogP contribution in [0.15, 0.2) is 29.3 Å². The Hall–Kier alpha value is -1.51. The summed E-state index contributed by atoms with van der Waals surface area (Å²) in [6.07, 6.45) is 2.67. The van der Waals surface area contributed by atoms with Gasteiger partial charge in [-0.1, -0.05) is 26.0 Å². The van der Waals surface area contributed by atoms with Crippen LogP contribution >= 0.6 is 24.0 Å². The number of rotatable bonds is 7. The molecule has 1 aliphatic heterocycles. The van der Waals surface area contributed by atoms with E-state index in [9.17, 15) is 4.79 Å². The summed E-state index contributed by atoms with van der Waals surface area (Å²) in [7, 11) is 3.52. The molecule has 1 fully saturated rings. The van der Waals surface area contributed by atoms with E-state index in [0.29, 0.717) is 18.3 Å². The number of guanidine groups is 1. The Kier molecular flexibility index (Phi) is 11.3. The molecule has 2 rings (SSSR count). The Bertz CT molecular complexity index is 611. The van der Waals surface area contributed by atoms with Crippen LogP contribution in [0.1, 0.15) is 38.7 Å². The molecule has 0 saturated carbocycles. The molecule has 1 saturated heterocycles. The molecule has 28 heavy (non-hydrogen) atoms. The monoisotopic (exact) mass is 502 g/mol. The van der Waals surface area contributed by atoms with Crippen molar-refractivity contribution in [2.45, 2.75) is 39.7 Å². The number of carbonyl (C=O) groups excluding carboxylic acids is 1. The van der Waals surface area contributed by atoms with Crippen LogP contribution in [0.3, 0.4) is 0 Å². The quantitative estimate of drug-likeness (QED) is 0.342. The van der Waals surface area contributed by atoms with Crippen molar-refractivity contribution in [3.63, 3.8) is 0 Å². The number of benzene rings is 1. The molecule has 1 aliphatic rings. The van der Waals surface area contributed by atoms with Crippen molar-refractivity contribution in [2.75, 3.05) is 33.8 Å². The molecule has 1 aromatic rings. The Balaban J connectivity index is 0.00000392. The topological polar surface area (TPSA) is 66.0 Å². The minimum Gasteiger partial charge on any atom is -0.493 e. The molecule has 1 aromatic carbocycles. The predicted molar refractivity (Wildman–Crippen MR) is 125 cm³/mol. The summed E-state index contributed by atoms with van der Waals surface area (Å²) in [6, 6.07) is 8.22. The fraction of sp³-hybridized carbons (Fsp3) is 0.619. The molecule has 0 bridgehead atoms. The van der Waals surface area contributed by atoms with Crippen LogP contribution in [0.5, 0.6) is 5.75 Å². The number of nitrogens with one attached hydrogen (secondary N) is 2. The van der Waals surface area contributed by atoms with Gasteiger partial charge in [0.25, 0.3) is 0 Å². The van der Waals surface area contributed by atoms with Crippen LogP contribution in [-0.4, -0.2) is 50.6 Å². The van der Waals surface area contributed by atoms with Gasteiger partial charge < -0.3 is 20.3 Å². The molecule has 0 radical (unpaired) electrons. The van der Waals surface area contributed by atoms with Crippen molar-refractivity contribution in [3.8, 4) is 5.75 Å². The van der Waals surface area contributed by atoms with E-state index in [0.717, 1.165) is 50.8 Å². The van der Waals surface area contributed by atoms with Crippen LogP contribution in [0.2, 0.25) is 0 Å². The first-order chi connectivity index (χ1) is 13.0. The molecule has 0 aromatic heterocycles. The third-order valence-electron chi connectivity index (χ3n) is 4.84. The van der Waals surface area contributed by atoms with Crippen molar-refractivity contribution in [2.24, 2.45) is 16.8 Å². The number of nitrogens with zero attached hydrogens (tertiary/aromatic N) is 2. The number of likely N-dealkylation sites (tertiary alicyclic amines) is 1. The molecule has 1 heterocycles. The van der Waals surface area contributed by atoms with E-state index in [1.54, 1.807) is 7.05 Å². The van der Waals surface area contributed by atoms with E-state index >= 15 is 0 Å². The lowest BCUT2D eigenvalue weighted by molar-refractivity contribution is -0.121. The molecule has 0 atom stereocenters. The first-order valence-electron chi connectivity index (χ1n) is 9.89. The Labute approximate surface area is 186 Å². The first-order valence-corrected chi connectivity index (χ1v) is 9.89. The third kappa shape index (κ3) is 8.24. The second-order valence-electron chi connectivity index (χ2n) is 7.56. The average molecular weight is 502 g/mol. The predicted octanol–water partition coefficient (Wildman–Crippen LogP) is 3.26.